The number of ether oxygens (including phenoxy) is 7. The first-order chi connectivity index (χ1) is 22.5. The molecule has 14 heteroatoms. The maximum Gasteiger partial charge on any atom is 0.337 e. The molecule has 1 aromatic carbocycles. The number of nitrogens with zero attached hydrogens (tertiary/aromatic N) is 1. The molecule has 47 heavy (non-hydrogen) atoms. The van der Waals surface area contributed by atoms with E-state index in [0.29, 0.717) is 13.0 Å². The van der Waals surface area contributed by atoms with E-state index in [4.69, 9.17) is 33.2 Å². The molecule has 256 valence electrons. The molecule has 0 bridgehead atoms. The number of hydrogen-bond acceptors (Lipinski definition) is 13. The van der Waals surface area contributed by atoms with Crippen LogP contribution >= 0.6 is 0 Å². The van der Waals surface area contributed by atoms with Gasteiger partial charge >= 0.3 is 23.9 Å². The van der Waals surface area contributed by atoms with E-state index >= 15 is 0 Å². The van der Waals surface area contributed by atoms with Crippen molar-refractivity contribution in [2.45, 2.75) is 71.8 Å². The lowest BCUT2D eigenvalue weighted by Crippen LogP contribution is -2.47. The van der Waals surface area contributed by atoms with Gasteiger partial charge in [-0.05, 0) is 32.3 Å². The minimum Gasteiger partial charge on any atom is -0.493 e. The molecule has 0 aliphatic carbocycles. The van der Waals surface area contributed by atoms with Crippen LogP contribution in [-0.2, 0) is 49.3 Å². The Morgan fingerprint density at radius 3 is 2.43 bits per heavy atom. The maximum atomic E-state index is 13.5. The highest BCUT2D eigenvalue weighted by molar-refractivity contribution is 5.98. The number of amides is 1. The summed E-state index contributed by atoms with van der Waals surface area (Å²) in [5, 5.41) is 2.47. The minimum absolute atomic E-state index is 0.0899. The number of rotatable bonds is 14. The van der Waals surface area contributed by atoms with E-state index in [1.165, 1.54) is 33.2 Å². The number of carbonyl (C=O) groups excluding carboxylic acids is 5. The molecule has 3 rings (SSSR count). The Hall–Kier alpha value is -4.72. The normalized spacial score (nSPS) is 20.4. The van der Waals surface area contributed by atoms with Gasteiger partial charge < -0.3 is 38.5 Å². The highest BCUT2D eigenvalue weighted by Gasteiger charge is 2.42. The van der Waals surface area contributed by atoms with Gasteiger partial charge in [-0.15, -0.1) is 0 Å². The number of aromatic nitrogens is 1. The fourth-order valence-corrected chi connectivity index (χ4v) is 4.50. The van der Waals surface area contributed by atoms with E-state index in [1.807, 2.05) is 25.1 Å². The largest absolute Gasteiger partial charge is 0.493 e. The number of esters is 4. The molecule has 1 saturated heterocycles. The molecule has 1 amide bonds. The van der Waals surface area contributed by atoms with Crippen molar-refractivity contribution in [3.05, 3.63) is 53.9 Å². The molecule has 0 saturated carbocycles. The number of pyridine rings is 1. The van der Waals surface area contributed by atoms with Crippen molar-refractivity contribution in [3.63, 3.8) is 0 Å². The van der Waals surface area contributed by atoms with Crippen LogP contribution in [0, 0.1) is 11.8 Å². The molecule has 1 aliphatic rings. The summed E-state index contributed by atoms with van der Waals surface area (Å²) in [4.78, 5) is 69.1. The van der Waals surface area contributed by atoms with Gasteiger partial charge in [-0.2, -0.15) is 0 Å². The van der Waals surface area contributed by atoms with Crippen LogP contribution in [0.15, 0.2) is 42.6 Å². The van der Waals surface area contributed by atoms with Crippen LogP contribution in [0.25, 0.3) is 0 Å². The Labute approximate surface area is 273 Å². The Kier molecular flexibility index (Phi) is 13.9. The van der Waals surface area contributed by atoms with Gasteiger partial charge in [-0.3, -0.25) is 14.4 Å². The van der Waals surface area contributed by atoms with Crippen LogP contribution in [-0.4, -0.2) is 86.2 Å². The van der Waals surface area contributed by atoms with Crippen LogP contribution in [0.4, 0.5) is 0 Å². The van der Waals surface area contributed by atoms with Crippen molar-refractivity contribution in [1.29, 1.82) is 0 Å². The number of benzene rings is 1. The molecular weight excluding hydrogens is 616 g/mol. The fraction of sp³-hybridized carbons (Fsp3) is 0.515. The van der Waals surface area contributed by atoms with Crippen molar-refractivity contribution in [3.8, 4) is 11.5 Å². The number of methoxy groups -OCH3 is 1. The van der Waals surface area contributed by atoms with Crippen molar-refractivity contribution in [2.75, 3.05) is 27.1 Å². The third-order valence-electron chi connectivity index (χ3n) is 7.08. The van der Waals surface area contributed by atoms with Crippen molar-refractivity contribution < 1.29 is 57.1 Å². The third kappa shape index (κ3) is 10.4. The predicted octanol–water partition coefficient (Wildman–Crippen LogP) is 2.80. The summed E-state index contributed by atoms with van der Waals surface area (Å²) in [6.45, 7) is 7.40. The summed E-state index contributed by atoms with van der Waals surface area (Å²) in [5.41, 5.74) is 0.460. The Bertz CT molecular complexity index is 1380. The fourth-order valence-electron chi connectivity index (χ4n) is 4.50. The minimum atomic E-state index is -1.47. The van der Waals surface area contributed by atoms with E-state index in [2.05, 4.69) is 10.3 Å². The van der Waals surface area contributed by atoms with Crippen LogP contribution in [0.5, 0.6) is 11.5 Å². The van der Waals surface area contributed by atoms with Gasteiger partial charge in [0.15, 0.2) is 35.4 Å². The van der Waals surface area contributed by atoms with Gasteiger partial charge in [0.25, 0.3) is 5.91 Å². The second kappa shape index (κ2) is 17.8. The second-order valence-electron chi connectivity index (χ2n) is 11.1. The summed E-state index contributed by atoms with van der Waals surface area (Å²) < 4.78 is 38.1. The zero-order valence-corrected chi connectivity index (χ0v) is 27.4. The lowest BCUT2D eigenvalue weighted by molar-refractivity contribution is -0.176. The average Bonchev–Trinajstić information content (AvgIpc) is 3.09. The molecule has 0 spiro atoms. The Morgan fingerprint density at radius 2 is 1.77 bits per heavy atom. The molecule has 1 fully saturated rings. The smallest absolute Gasteiger partial charge is 0.337 e. The first-order valence-electron chi connectivity index (χ1n) is 15.3. The molecule has 1 N–H and O–H groups in total. The number of carbonyl (C=O) groups is 5. The van der Waals surface area contributed by atoms with Gasteiger partial charge in [0.2, 0.25) is 6.79 Å². The molecular formula is C33H42N2O12. The van der Waals surface area contributed by atoms with Gasteiger partial charge in [-0.25, -0.2) is 14.6 Å². The summed E-state index contributed by atoms with van der Waals surface area (Å²) in [6, 6.07) is 9.00. The van der Waals surface area contributed by atoms with Gasteiger partial charge in [0.05, 0.1) is 13.0 Å². The average molecular weight is 659 g/mol. The number of nitrogens with one attached hydrogen (secondary N) is 1. The Morgan fingerprint density at radius 1 is 1.04 bits per heavy atom. The zero-order valence-electron chi connectivity index (χ0n) is 27.4. The SMILES string of the molecule is CCCOC(C)C(=O)OCOc1c(OC)ccnc1C(=O)NC1COC(=O)C(Cc2ccccc2)C(OC(=O)C(C)C)C(C)OC1=O. The zero-order chi connectivity index (χ0) is 34.5. The third-order valence-corrected chi connectivity index (χ3v) is 7.08. The first kappa shape index (κ1) is 36.7. The number of hydrogen-bond donors (Lipinski definition) is 1. The molecule has 2 aromatic rings. The standard InChI is InChI=1S/C33H42N2O12/c1-7-15-42-21(5)31(38)45-18-44-28-25(41-6)13-14-34-26(28)29(36)35-24-17-43-32(39)23(16-22-11-9-8-10-12-22)27(20(4)46-33(24)40)47-30(37)19(2)3/h8-14,19-21,23-24,27H,7,15-18H2,1-6H3,(H,35,36). The monoisotopic (exact) mass is 658 g/mol. The van der Waals surface area contributed by atoms with Crippen LogP contribution in [0.1, 0.15) is 57.1 Å². The van der Waals surface area contributed by atoms with E-state index in [9.17, 15) is 24.0 Å². The second-order valence-corrected chi connectivity index (χ2v) is 11.1. The number of cyclic esters (lactones) is 2. The topological polar surface area (TPSA) is 175 Å². The highest BCUT2D eigenvalue weighted by atomic mass is 16.7. The summed E-state index contributed by atoms with van der Waals surface area (Å²) in [5.74, 6) is -5.47. The predicted molar refractivity (Wildman–Crippen MR) is 164 cm³/mol. The van der Waals surface area contributed by atoms with Crippen LogP contribution < -0.4 is 14.8 Å². The van der Waals surface area contributed by atoms with Crippen LogP contribution in [0.3, 0.4) is 0 Å². The molecule has 1 aliphatic heterocycles. The molecule has 1 aromatic heterocycles. The summed E-state index contributed by atoms with van der Waals surface area (Å²) in [7, 11) is 1.33. The lowest BCUT2D eigenvalue weighted by atomic mass is 9.91. The van der Waals surface area contributed by atoms with E-state index in [-0.39, 0.29) is 23.6 Å². The molecule has 5 atom stereocenters. The van der Waals surface area contributed by atoms with E-state index < -0.39 is 79.4 Å². The van der Waals surface area contributed by atoms with Crippen LogP contribution in [0.2, 0.25) is 0 Å². The van der Waals surface area contributed by atoms with Gasteiger partial charge in [-0.1, -0.05) is 51.1 Å². The Balaban J connectivity index is 1.81. The summed E-state index contributed by atoms with van der Waals surface area (Å²) in [6.07, 6.45) is -0.968. The molecule has 0 radical (unpaired) electrons. The summed E-state index contributed by atoms with van der Waals surface area (Å²) >= 11 is 0. The highest BCUT2D eigenvalue weighted by Crippen LogP contribution is 2.30. The molecule has 5 unspecified atom stereocenters. The molecule has 14 nitrogen and oxygen atoms in total. The maximum absolute atomic E-state index is 13.5. The molecule has 2 heterocycles. The van der Waals surface area contributed by atoms with Crippen molar-refractivity contribution >= 4 is 29.8 Å². The first-order valence-corrected chi connectivity index (χ1v) is 15.3. The lowest BCUT2D eigenvalue weighted by Gasteiger charge is -2.29. The quantitative estimate of drug-likeness (QED) is 0.178. The van der Waals surface area contributed by atoms with Crippen molar-refractivity contribution in [2.24, 2.45) is 11.8 Å². The van der Waals surface area contributed by atoms with E-state index in [0.717, 1.165) is 5.56 Å². The van der Waals surface area contributed by atoms with E-state index in [1.54, 1.807) is 26.0 Å². The van der Waals surface area contributed by atoms with Gasteiger partial charge in [0, 0.05) is 18.9 Å². The van der Waals surface area contributed by atoms with Gasteiger partial charge in [0.1, 0.15) is 18.6 Å². The van der Waals surface area contributed by atoms with Crippen molar-refractivity contribution in [1.82, 2.24) is 10.3 Å².